The number of ether oxygens (including phenoxy) is 1. The van der Waals surface area contributed by atoms with E-state index >= 15 is 0 Å². The quantitative estimate of drug-likeness (QED) is 0.469. The Morgan fingerprint density at radius 1 is 1.00 bits per heavy atom. The van der Waals surface area contributed by atoms with E-state index in [4.69, 9.17) is 9.72 Å². The maximum absolute atomic E-state index is 5.35. The number of para-hydroxylation sites is 1. The number of hydrogen-bond acceptors (Lipinski definition) is 7. The number of rotatable bonds is 4. The Bertz CT molecular complexity index is 1380. The Morgan fingerprint density at radius 3 is 2.74 bits per heavy atom. The molecule has 9 nitrogen and oxygen atoms in total. The highest BCUT2D eigenvalue weighted by Crippen LogP contribution is 2.31. The highest BCUT2D eigenvalue weighted by atomic mass is 16.5. The monoisotopic (exact) mass is 412 g/mol. The van der Waals surface area contributed by atoms with Gasteiger partial charge in [0.2, 0.25) is 0 Å². The summed E-state index contributed by atoms with van der Waals surface area (Å²) < 4.78 is 8.88. The molecule has 31 heavy (non-hydrogen) atoms. The average Bonchev–Trinajstić information content (AvgIpc) is 3.56. The molecule has 0 spiro atoms. The first-order valence-electron chi connectivity index (χ1n) is 10.1. The van der Waals surface area contributed by atoms with E-state index < -0.39 is 0 Å². The molecule has 0 bridgehead atoms. The molecule has 1 aliphatic heterocycles. The molecule has 6 rings (SSSR count). The van der Waals surface area contributed by atoms with E-state index in [1.54, 1.807) is 24.1 Å². The lowest BCUT2D eigenvalue weighted by Crippen LogP contribution is -2.27. The van der Waals surface area contributed by atoms with Gasteiger partial charge in [0.1, 0.15) is 12.1 Å². The third kappa shape index (κ3) is 3.02. The number of nitrogens with zero attached hydrogens (tertiary/aromatic N) is 6. The molecule has 0 saturated carbocycles. The molecule has 5 aromatic rings. The Balaban J connectivity index is 1.33. The summed E-state index contributed by atoms with van der Waals surface area (Å²) in [5.74, 6) is 1.57. The zero-order chi connectivity index (χ0) is 20.8. The minimum Gasteiger partial charge on any atom is -0.497 e. The van der Waals surface area contributed by atoms with E-state index in [1.807, 2.05) is 53.2 Å². The summed E-state index contributed by atoms with van der Waals surface area (Å²) in [5.41, 5.74) is 10.3. The van der Waals surface area contributed by atoms with Gasteiger partial charge in [-0.1, -0.05) is 30.3 Å². The molecule has 0 amide bonds. The van der Waals surface area contributed by atoms with Gasteiger partial charge in [0.05, 0.1) is 30.4 Å². The van der Waals surface area contributed by atoms with Crippen molar-refractivity contribution >= 4 is 16.7 Å². The molecule has 0 aliphatic carbocycles. The van der Waals surface area contributed by atoms with Gasteiger partial charge in [0.15, 0.2) is 17.1 Å². The molecule has 0 radical (unpaired) electrons. The molecule has 1 fully saturated rings. The van der Waals surface area contributed by atoms with Crippen LogP contribution in [0.15, 0.2) is 67.1 Å². The number of methoxy groups -OCH3 is 1. The summed E-state index contributed by atoms with van der Waals surface area (Å²) in [4.78, 5) is 9.40. The predicted octanol–water partition coefficient (Wildman–Crippen LogP) is 2.75. The van der Waals surface area contributed by atoms with Crippen LogP contribution in [0.2, 0.25) is 0 Å². The Morgan fingerprint density at radius 2 is 1.87 bits per heavy atom. The first-order valence-corrected chi connectivity index (χ1v) is 10.1. The van der Waals surface area contributed by atoms with Crippen molar-refractivity contribution in [2.45, 2.75) is 18.5 Å². The van der Waals surface area contributed by atoms with Crippen molar-refractivity contribution in [1.29, 1.82) is 0 Å². The topological polar surface area (TPSA) is 94.2 Å². The number of benzene rings is 2. The average molecular weight is 412 g/mol. The lowest BCUT2D eigenvalue weighted by Gasteiger charge is -2.10. The van der Waals surface area contributed by atoms with Crippen LogP contribution in [0.1, 0.15) is 29.9 Å². The van der Waals surface area contributed by atoms with Gasteiger partial charge in [0, 0.05) is 6.04 Å². The van der Waals surface area contributed by atoms with Crippen LogP contribution in [0.25, 0.3) is 22.4 Å². The molecule has 2 N–H and O–H groups in total. The minimum atomic E-state index is -0.0182. The molecular formula is C22H20N8O. The summed E-state index contributed by atoms with van der Waals surface area (Å²) in [5, 5.41) is 10.1. The summed E-state index contributed by atoms with van der Waals surface area (Å²) in [7, 11) is 1.68. The van der Waals surface area contributed by atoms with E-state index in [0.29, 0.717) is 0 Å². The lowest BCUT2D eigenvalue weighted by molar-refractivity contribution is 0.413. The van der Waals surface area contributed by atoms with Crippen molar-refractivity contribution in [2.75, 3.05) is 7.11 Å². The molecule has 1 saturated heterocycles. The highest BCUT2D eigenvalue weighted by Gasteiger charge is 2.29. The smallest absolute Gasteiger partial charge is 0.170 e. The number of aromatic nitrogens is 6. The van der Waals surface area contributed by atoms with Crippen LogP contribution in [0.3, 0.4) is 0 Å². The Labute approximate surface area is 177 Å². The zero-order valence-corrected chi connectivity index (χ0v) is 16.8. The molecule has 9 heteroatoms. The van der Waals surface area contributed by atoms with Gasteiger partial charge in [-0.15, -0.1) is 5.10 Å². The molecule has 2 aromatic carbocycles. The fourth-order valence-electron chi connectivity index (χ4n) is 4.05. The standard InChI is InChI=1S/C22H20N8O/c1-31-16-9-5-6-14(10-16)18-11-19(27-26-18)20-25-22-17-12-24-30(15-7-3-2-4-8-15)21(17)23-13-29(22)28-20/h2-10,12-13,18-19,26-27H,11H2,1H3. The van der Waals surface area contributed by atoms with Crippen LogP contribution in [0.4, 0.5) is 0 Å². The number of fused-ring (bicyclic) bond motifs is 3. The van der Waals surface area contributed by atoms with Crippen LogP contribution in [-0.4, -0.2) is 36.5 Å². The fraction of sp³-hybridized carbons (Fsp3) is 0.182. The van der Waals surface area contributed by atoms with E-state index in [-0.39, 0.29) is 12.1 Å². The summed E-state index contributed by atoms with van der Waals surface area (Å²) in [6, 6.07) is 18.1. The molecule has 154 valence electrons. The van der Waals surface area contributed by atoms with Crippen LogP contribution >= 0.6 is 0 Å². The number of hydrazine groups is 1. The third-order valence-corrected chi connectivity index (χ3v) is 5.63. The van der Waals surface area contributed by atoms with Crippen molar-refractivity contribution in [2.24, 2.45) is 0 Å². The van der Waals surface area contributed by atoms with Gasteiger partial charge < -0.3 is 4.74 Å². The normalized spacial score (nSPS) is 18.7. The first kappa shape index (κ1) is 18.0. The Hall–Kier alpha value is -3.82. The maximum Gasteiger partial charge on any atom is 0.170 e. The number of nitrogens with one attached hydrogen (secondary N) is 2. The SMILES string of the molecule is COc1cccc(C2CC(c3nc4c5cnn(-c6ccccc6)c5ncn4n3)NN2)c1. The van der Waals surface area contributed by atoms with Crippen molar-refractivity contribution < 1.29 is 4.74 Å². The summed E-state index contributed by atoms with van der Waals surface area (Å²) in [6.45, 7) is 0. The molecule has 1 aliphatic rings. The van der Waals surface area contributed by atoms with Gasteiger partial charge in [-0.05, 0) is 36.2 Å². The van der Waals surface area contributed by atoms with Gasteiger partial charge in [-0.3, -0.25) is 0 Å². The van der Waals surface area contributed by atoms with Crippen LogP contribution < -0.4 is 15.6 Å². The van der Waals surface area contributed by atoms with Crippen molar-refractivity contribution in [1.82, 2.24) is 40.2 Å². The first-order chi connectivity index (χ1) is 15.3. The fourth-order valence-corrected chi connectivity index (χ4v) is 4.05. The second-order valence-electron chi connectivity index (χ2n) is 7.52. The van der Waals surface area contributed by atoms with E-state index in [0.717, 1.165) is 45.9 Å². The van der Waals surface area contributed by atoms with Crippen molar-refractivity contribution in [3.05, 3.63) is 78.5 Å². The summed E-state index contributed by atoms with van der Waals surface area (Å²) >= 11 is 0. The molecule has 2 unspecified atom stereocenters. The van der Waals surface area contributed by atoms with Crippen LogP contribution in [0, 0.1) is 0 Å². The van der Waals surface area contributed by atoms with E-state index in [9.17, 15) is 0 Å². The highest BCUT2D eigenvalue weighted by molar-refractivity contribution is 5.89. The van der Waals surface area contributed by atoms with Gasteiger partial charge in [-0.25, -0.2) is 30.0 Å². The van der Waals surface area contributed by atoms with Crippen LogP contribution in [-0.2, 0) is 0 Å². The second-order valence-corrected chi connectivity index (χ2v) is 7.52. The predicted molar refractivity (Wildman–Crippen MR) is 115 cm³/mol. The van der Waals surface area contributed by atoms with Crippen molar-refractivity contribution in [3.63, 3.8) is 0 Å². The maximum atomic E-state index is 5.35. The zero-order valence-electron chi connectivity index (χ0n) is 16.8. The summed E-state index contributed by atoms with van der Waals surface area (Å²) in [6.07, 6.45) is 4.31. The lowest BCUT2D eigenvalue weighted by atomic mass is 10.0. The van der Waals surface area contributed by atoms with Gasteiger partial charge in [-0.2, -0.15) is 5.10 Å². The van der Waals surface area contributed by atoms with Gasteiger partial charge in [0.25, 0.3) is 0 Å². The Kier molecular flexibility index (Phi) is 4.15. The third-order valence-electron chi connectivity index (χ3n) is 5.63. The number of hydrogen-bond donors (Lipinski definition) is 2. The van der Waals surface area contributed by atoms with E-state index in [2.05, 4.69) is 32.1 Å². The largest absolute Gasteiger partial charge is 0.497 e. The second kappa shape index (κ2) is 7.15. The molecule has 3 aromatic heterocycles. The molecule has 2 atom stereocenters. The van der Waals surface area contributed by atoms with Crippen LogP contribution in [0.5, 0.6) is 5.75 Å². The van der Waals surface area contributed by atoms with E-state index in [1.165, 1.54) is 0 Å². The molecule has 4 heterocycles. The van der Waals surface area contributed by atoms with Crippen molar-refractivity contribution in [3.8, 4) is 11.4 Å². The molecular weight excluding hydrogens is 392 g/mol. The van der Waals surface area contributed by atoms with Gasteiger partial charge >= 0.3 is 0 Å². The minimum absolute atomic E-state index is 0.0182.